The lowest BCUT2D eigenvalue weighted by atomic mass is 10.0. The number of benzene rings is 1. The molecule has 2 aliphatic rings. The summed E-state index contributed by atoms with van der Waals surface area (Å²) < 4.78 is 0. The van der Waals surface area contributed by atoms with Gasteiger partial charge in [0.2, 0.25) is 0 Å². The summed E-state index contributed by atoms with van der Waals surface area (Å²) in [5, 5.41) is 12.2. The topological polar surface area (TPSA) is 120 Å². The van der Waals surface area contributed by atoms with Crippen molar-refractivity contribution in [2.45, 2.75) is 44.5 Å². The number of urea groups is 1. The van der Waals surface area contributed by atoms with Crippen molar-refractivity contribution in [2.75, 3.05) is 13.2 Å². The van der Waals surface area contributed by atoms with Gasteiger partial charge < -0.3 is 15.3 Å². The van der Waals surface area contributed by atoms with Crippen LogP contribution in [0.25, 0.3) is 0 Å². The standard InChI is InChI=1S/C18H24N4O6/c1-12(19-17(24)25)10-27-20-16(23)15-8-7-14-9-21(15)18(26)22(14)28-11-13-5-3-2-4-6-13/h2-6,12,14-15,19H,7-11H2,1H3,(H,20,23)(H,24,25)/t12?,14-,15+/m1/s1. The van der Waals surface area contributed by atoms with E-state index < -0.39 is 24.1 Å². The van der Waals surface area contributed by atoms with Gasteiger partial charge in [-0.1, -0.05) is 30.3 Å². The summed E-state index contributed by atoms with van der Waals surface area (Å²) >= 11 is 0. The highest BCUT2D eigenvalue weighted by Crippen LogP contribution is 2.30. The van der Waals surface area contributed by atoms with Gasteiger partial charge in [-0.3, -0.25) is 14.5 Å². The minimum absolute atomic E-state index is 0.0202. The van der Waals surface area contributed by atoms with Crippen LogP contribution in [-0.2, 0) is 21.1 Å². The summed E-state index contributed by atoms with van der Waals surface area (Å²) in [4.78, 5) is 47.9. The van der Waals surface area contributed by atoms with Crippen molar-refractivity contribution in [3.63, 3.8) is 0 Å². The first-order valence-corrected chi connectivity index (χ1v) is 9.13. The fraction of sp³-hybridized carbons (Fsp3) is 0.500. The highest BCUT2D eigenvalue weighted by Gasteiger charge is 2.48. The molecule has 0 saturated carbocycles. The molecule has 3 N–H and O–H groups in total. The Labute approximate surface area is 162 Å². The molecule has 0 aliphatic carbocycles. The molecule has 2 fully saturated rings. The van der Waals surface area contributed by atoms with E-state index in [0.29, 0.717) is 19.4 Å². The molecule has 2 aliphatic heterocycles. The summed E-state index contributed by atoms with van der Waals surface area (Å²) in [7, 11) is 0. The van der Waals surface area contributed by atoms with Crippen molar-refractivity contribution in [1.29, 1.82) is 0 Å². The first kappa shape index (κ1) is 19.9. The quantitative estimate of drug-likeness (QED) is 0.570. The Bertz CT molecular complexity index is 715. The van der Waals surface area contributed by atoms with Gasteiger partial charge in [-0.25, -0.2) is 15.1 Å². The normalized spacial score (nSPS) is 22.1. The van der Waals surface area contributed by atoms with Gasteiger partial charge in [-0.05, 0) is 25.3 Å². The number of carbonyl (C=O) groups is 3. The highest BCUT2D eigenvalue weighted by molar-refractivity contribution is 5.88. The molecular weight excluding hydrogens is 368 g/mol. The maximum absolute atomic E-state index is 12.7. The van der Waals surface area contributed by atoms with E-state index in [0.717, 1.165) is 5.56 Å². The molecule has 0 spiro atoms. The third kappa shape index (κ3) is 4.70. The maximum Gasteiger partial charge on any atom is 0.404 e. The van der Waals surface area contributed by atoms with Crippen LogP contribution >= 0.6 is 0 Å². The van der Waals surface area contributed by atoms with Crippen LogP contribution in [0.3, 0.4) is 0 Å². The van der Waals surface area contributed by atoms with E-state index in [4.69, 9.17) is 14.8 Å². The van der Waals surface area contributed by atoms with Crippen molar-refractivity contribution >= 4 is 18.0 Å². The van der Waals surface area contributed by atoms with Crippen molar-refractivity contribution < 1.29 is 29.2 Å². The van der Waals surface area contributed by atoms with Crippen LogP contribution in [0.4, 0.5) is 9.59 Å². The monoisotopic (exact) mass is 392 g/mol. The molecule has 3 atom stereocenters. The summed E-state index contributed by atoms with van der Waals surface area (Å²) in [6, 6.07) is 8.01. The Morgan fingerprint density at radius 1 is 1.29 bits per heavy atom. The zero-order chi connectivity index (χ0) is 20.1. The van der Waals surface area contributed by atoms with E-state index in [1.807, 2.05) is 30.3 Å². The first-order valence-electron chi connectivity index (χ1n) is 9.13. The number of piperidine rings is 1. The van der Waals surface area contributed by atoms with Gasteiger partial charge in [0.15, 0.2) is 0 Å². The third-order valence-corrected chi connectivity index (χ3v) is 4.71. The van der Waals surface area contributed by atoms with Gasteiger partial charge in [-0.2, -0.15) is 5.06 Å². The molecular formula is C18H24N4O6. The fourth-order valence-electron chi connectivity index (χ4n) is 3.35. The van der Waals surface area contributed by atoms with E-state index >= 15 is 0 Å². The highest BCUT2D eigenvalue weighted by atomic mass is 16.7. The predicted octanol–water partition coefficient (Wildman–Crippen LogP) is 1.09. The minimum Gasteiger partial charge on any atom is -0.465 e. The van der Waals surface area contributed by atoms with Crippen molar-refractivity contribution in [2.24, 2.45) is 0 Å². The van der Waals surface area contributed by atoms with Gasteiger partial charge in [0, 0.05) is 6.54 Å². The zero-order valence-electron chi connectivity index (χ0n) is 15.5. The predicted molar refractivity (Wildman–Crippen MR) is 96.7 cm³/mol. The molecule has 0 radical (unpaired) electrons. The number of hydrogen-bond donors (Lipinski definition) is 3. The Morgan fingerprint density at radius 3 is 2.75 bits per heavy atom. The van der Waals surface area contributed by atoms with Crippen molar-refractivity contribution in [3.05, 3.63) is 35.9 Å². The Hall–Kier alpha value is -2.85. The smallest absolute Gasteiger partial charge is 0.404 e. The lowest BCUT2D eigenvalue weighted by molar-refractivity contribution is -0.141. The van der Waals surface area contributed by atoms with Crippen LogP contribution in [0, 0.1) is 0 Å². The summed E-state index contributed by atoms with van der Waals surface area (Å²) in [5.41, 5.74) is 3.26. The molecule has 4 amide bonds. The molecule has 1 aromatic carbocycles. The minimum atomic E-state index is -1.17. The molecule has 0 aromatic heterocycles. The molecule has 10 heteroatoms. The second-order valence-electron chi connectivity index (χ2n) is 6.89. The average Bonchev–Trinajstić information content (AvgIpc) is 2.90. The summed E-state index contributed by atoms with van der Waals surface area (Å²) in [6.07, 6.45) is -0.0229. The number of nitrogens with zero attached hydrogens (tertiary/aromatic N) is 2. The van der Waals surface area contributed by atoms with Crippen LogP contribution in [-0.4, -0.2) is 64.4 Å². The fourth-order valence-corrected chi connectivity index (χ4v) is 3.35. The van der Waals surface area contributed by atoms with Crippen LogP contribution in [0.5, 0.6) is 0 Å². The van der Waals surface area contributed by atoms with Gasteiger partial charge >= 0.3 is 12.1 Å². The number of nitrogens with one attached hydrogen (secondary N) is 2. The zero-order valence-corrected chi connectivity index (χ0v) is 15.5. The van der Waals surface area contributed by atoms with Crippen LogP contribution in [0.2, 0.25) is 0 Å². The molecule has 152 valence electrons. The van der Waals surface area contributed by atoms with Crippen molar-refractivity contribution in [3.8, 4) is 0 Å². The van der Waals surface area contributed by atoms with E-state index in [1.54, 1.807) is 6.92 Å². The molecule has 2 saturated heterocycles. The third-order valence-electron chi connectivity index (χ3n) is 4.71. The van der Waals surface area contributed by atoms with Crippen molar-refractivity contribution in [1.82, 2.24) is 20.8 Å². The van der Waals surface area contributed by atoms with E-state index in [2.05, 4.69) is 10.8 Å². The number of fused-ring (bicyclic) bond motifs is 2. The molecule has 1 aromatic rings. The number of rotatable bonds is 8. The van der Waals surface area contributed by atoms with Gasteiger partial charge in [0.05, 0.1) is 18.7 Å². The largest absolute Gasteiger partial charge is 0.465 e. The number of hydrogen-bond acceptors (Lipinski definition) is 5. The molecule has 10 nitrogen and oxygen atoms in total. The molecule has 1 unspecified atom stereocenters. The van der Waals surface area contributed by atoms with Crippen LogP contribution < -0.4 is 10.8 Å². The Morgan fingerprint density at radius 2 is 2.04 bits per heavy atom. The maximum atomic E-state index is 12.7. The molecule has 3 rings (SSSR count). The summed E-state index contributed by atoms with van der Waals surface area (Å²) in [5.74, 6) is -0.431. The molecule has 2 heterocycles. The number of carboxylic acid groups (broad SMARTS) is 1. The van der Waals surface area contributed by atoms with E-state index in [9.17, 15) is 14.4 Å². The lowest BCUT2D eigenvalue weighted by Crippen LogP contribution is -2.50. The first-order chi connectivity index (χ1) is 13.5. The molecule has 2 bridgehead atoms. The average molecular weight is 392 g/mol. The second-order valence-corrected chi connectivity index (χ2v) is 6.89. The van der Waals surface area contributed by atoms with Gasteiger partial charge in [-0.15, -0.1) is 0 Å². The SMILES string of the molecule is CC(CONC(=O)[C@@H]1CC[C@@H]2CN1C(=O)N2OCc1ccccc1)NC(=O)O. The Kier molecular flexibility index (Phi) is 6.32. The lowest BCUT2D eigenvalue weighted by Gasteiger charge is -2.29. The van der Waals surface area contributed by atoms with Crippen LogP contribution in [0.1, 0.15) is 25.3 Å². The van der Waals surface area contributed by atoms with E-state index in [1.165, 1.54) is 9.96 Å². The second kappa shape index (κ2) is 8.89. The van der Waals surface area contributed by atoms with E-state index in [-0.39, 0.29) is 25.3 Å². The molecule has 28 heavy (non-hydrogen) atoms. The number of carbonyl (C=O) groups excluding carboxylic acids is 2. The van der Waals surface area contributed by atoms with Gasteiger partial charge in [0.25, 0.3) is 5.91 Å². The van der Waals surface area contributed by atoms with Crippen LogP contribution in [0.15, 0.2) is 30.3 Å². The van der Waals surface area contributed by atoms with Gasteiger partial charge in [0.1, 0.15) is 12.6 Å². The summed E-state index contributed by atoms with van der Waals surface area (Å²) in [6.45, 7) is 2.29. The number of hydroxylamine groups is 3. The Balaban J connectivity index is 1.49. The number of amides is 4.